The van der Waals surface area contributed by atoms with E-state index in [1.807, 2.05) is 62.4 Å². The van der Waals surface area contributed by atoms with Crippen molar-refractivity contribution >= 4 is 207 Å². The van der Waals surface area contributed by atoms with Crippen LogP contribution < -0.4 is 49.0 Å². The molecule has 0 atom stereocenters. The summed E-state index contributed by atoms with van der Waals surface area (Å²) in [6.45, 7) is 6.15. The minimum absolute atomic E-state index is 0. The van der Waals surface area contributed by atoms with Crippen LogP contribution in [0.4, 0.5) is 0 Å². The van der Waals surface area contributed by atoms with E-state index in [4.69, 9.17) is 127 Å². The zero-order valence-corrected chi connectivity index (χ0v) is 82.9. The molecule has 47 heteroatoms. The molecular weight excluding hydrogens is 1730 g/mol. The van der Waals surface area contributed by atoms with Crippen molar-refractivity contribution in [2.24, 2.45) is 17.2 Å². The Morgan fingerprint density at radius 1 is 0.303 bits per heavy atom. The third-order valence-electron chi connectivity index (χ3n) is 18.6. The molecule has 0 bridgehead atoms. The Hall–Kier alpha value is -4.65. The standard InChI is InChI=1S/C25H25NO7Si.C19H10O5.3C6H17NO3Si.2C5H14O3Si.4Al.4H2O.2O/c1-29-15-6-10-20-19(14-15)16-7-8-17-22-18(9-11-21(33-20)23(16)22)25(28)26(24(17)27)12-5-13-34(30-2,31-3)32-4;1-22-9-2-6-14-13(8-9)10-3-4-11-16-12(19(21)24-18(11)20)5-7-15(23-14)17(10)16;3*1-8-11(9-2,10-3)6-4-5-7;2*1-5-9(6-2,7-3)8-4;;;;;;;;;;/h6-11,14H,5,12-13H2,1-4H3;2-8H,1H3;3*4-7H2,1-3H3;2*5H2,1-4H3;;;;;4*1H2;;. The van der Waals surface area contributed by atoms with Crippen LogP contribution in [0.5, 0.6) is 11.5 Å². The number of nitrogens with zero attached hydrogens (tertiary/aromatic N) is 1. The van der Waals surface area contributed by atoms with Crippen molar-refractivity contribution in [2.75, 3.05) is 162 Å². The summed E-state index contributed by atoms with van der Waals surface area (Å²) in [5, 5.41) is 7.96. The molecule has 0 aliphatic rings. The van der Waals surface area contributed by atoms with Crippen LogP contribution in [0.3, 0.4) is 0 Å². The van der Waals surface area contributed by atoms with E-state index in [0.29, 0.717) is 98.2 Å². The summed E-state index contributed by atoms with van der Waals surface area (Å²) in [5.41, 5.74) is 16.8. The number of hydrogen-bond acceptors (Lipinski definition) is 32. The van der Waals surface area contributed by atoms with Gasteiger partial charge in [-0.1, -0.05) is 26.0 Å². The Kier molecular flexibility index (Phi) is 64.5. The van der Waals surface area contributed by atoms with E-state index in [9.17, 15) is 19.2 Å². The molecule has 4 heterocycles. The van der Waals surface area contributed by atoms with Gasteiger partial charge >= 0.3 is 104 Å². The second-order valence-corrected chi connectivity index (χ2v) is 42.6. The predicted octanol–water partition coefficient (Wildman–Crippen LogP) is 5.13. The second kappa shape index (κ2) is 62.5. The monoisotopic (exact) mass is 1850 g/mol. The first-order valence-electron chi connectivity index (χ1n) is 35.4. The normalized spacial score (nSPS) is 11.2. The van der Waals surface area contributed by atoms with E-state index in [2.05, 4.69) is 0 Å². The molecule has 0 unspecified atom stereocenters. The number of ether oxygens (including phenoxy) is 2. The fraction of sp³-hybridized carbons (Fsp3) is 0.500. The van der Waals surface area contributed by atoms with Crippen LogP contribution in [0.2, 0.25) is 36.3 Å². The molecule has 0 aliphatic carbocycles. The molecule has 10 aromatic rings. The van der Waals surface area contributed by atoms with E-state index in [0.717, 1.165) is 81.8 Å². The Morgan fingerprint density at radius 3 is 0.790 bits per heavy atom. The first-order chi connectivity index (χ1) is 54.3. The van der Waals surface area contributed by atoms with Crippen molar-refractivity contribution in [3.8, 4) is 11.5 Å². The molecule has 0 saturated heterocycles. The number of hydrogen-bond donors (Lipinski definition) is 3. The van der Waals surface area contributed by atoms with Gasteiger partial charge in [-0.25, -0.2) is 9.59 Å². The summed E-state index contributed by atoms with van der Waals surface area (Å²) >= 11 is 2.33. The number of nitrogens with two attached hydrogens (primary N) is 3. The van der Waals surface area contributed by atoms with Gasteiger partial charge in [0.25, 0.3) is 11.1 Å². The molecule has 14 N–H and O–H groups in total. The fourth-order valence-electron chi connectivity index (χ4n) is 12.1. The first-order valence-corrected chi connectivity index (χ1v) is 47.9. The number of pyridine rings is 1. The van der Waals surface area contributed by atoms with Gasteiger partial charge in [0.05, 0.1) is 25.0 Å². The van der Waals surface area contributed by atoms with Crippen LogP contribution in [0.25, 0.3) is 87.0 Å². The quantitative estimate of drug-likeness (QED) is 0.0263. The zero-order valence-electron chi connectivity index (χ0n) is 72.3. The maximum absolute atomic E-state index is 13.4. The molecule has 664 valence electrons. The molecule has 0 aliphatic heterocycles. The summed E-state index contributed by atoms with van der Waals surface area (Å²) in [6.07, 6.45) is 3.13. The molecule has 37 nitrogen and oxygen atoms in total. The first kappa shape index (κ1) is 123. The number of benzene rings is 6. The fourth-order valence-corrected chi connectivity index (χ4v) is 21.8. The molecule has 0 amide bonds. The van der Waals surface area contributed by atoms with Crippen molar-refractivity contribution in [3.63, 3.8) is 0 Å². The Labute approximate surface area is 737 Å². The molecule has 10 rings (SSSR count). The topological polar surface area (TPSA) is 535 Å². The minimum atomic E-state index is -2.80. The van der Waals surface area contributed by atoms with Crippen LogP contribution in [-0.4, -0.2) is 308 Å². The summed E-state index contributed by atoms with van der Waals surface area (Å²) in [4.78, 5) is 50.9. The van der Waals surface area contributed by atoms with Gasteiger partial charge in [-0.05, 0) is 129 Å². The van der Waals surface area contributed by atoms with E-state index in [-0.39, 0.29) is 74.3 Å². The number of fused-ring (bicyclic) bond motifs is 4. The van der Waals surface area contributed by atoms with E-state index in [1.165, 1.54) is 37.0 Å². The molecule has 0 fully saturated rings. The molecule has 4 aromatic heterocycles. The average molecular weight is 1850 g/mol. The van der Waals surface area contributed by atoms with Crippen LogP contribution in [0.15, 0.2) is 117 Å². The molecule has 6 aromatic carbocycles. The third kappa shape index (κ3) is 31.5. The molecular formula is C72H122Al4N4O33Si6. The van der Waals surface area contributed by atoms with E-state index < -0.39 is 64.1 Å². The van der Waals surface area contributed by atoms with Crippen molar-refractivity contribution in [1.82, 2.24) is 4.57 Å². The molecule has 119 heavy (non-hydrogen) atoms. The Morgan fingerprint density at radius 2 is 0.538 bits per heavy atom. The van der Waals surface area contributed by atoms with E-state index >= 15 is 0 Å². The summed E-state index contributed by atoms with van der Waals surface area (Å²) in [5.74, 6) is 1.41. The van der Waals surface area contributed by atoms with Gasteiger partial charge in [0.1, 0.15) is 33.8 Å². The number of aromatic nitrogens is 1. The molecule has 0 spiro atoms. The zero-order chi connectivity index (χ0) is 85.3. The van der Waals surface area contributed by atoms with Crippen LogP contribution in [0, 0.1) is 0 Å². The number of rotatable bonds is 35. The second-order valence-electron chi connectivity index (χ2n) is 23.7. The van der Waals surface area contributed by atoms with Gasteiger partial charge in [-0.3, -0.25) is 14.2 Å². The number of methoxy groups -OCH3 is 2. The van der Waals surface area contributed by atoms with Gasteiger partial charge in [0, 0.05) is 249 Å². The van der Waals surface area contributed by atoms with Gasteiger partial charge in [0.15, 0.2) is 0 Å². The van der Waals surface area contributed by atoms with Gasteiger partial charge < -0.3 is 141 Å². The molecule has 0 saturated carbocycles. The maximum atomic E-state index is 13.4. The van der Waals surface area contributed by atoms with Crippen molar-refractivity contribution in [2.45, 2.75) is 82.3 Å². The van der Waals surface area contributed by atoms with Crippen molar-refractivity contribution < 1.29 is 132 Å². The molecule has 8 radical (unpaired) electrons. The van der Waals surface area contributed by atoms with Gasteiger partial charge in [0.2, 0.25) is 0 Å². The predicted molar refractivity (Wildman–Crippen MR) is 474 cm³/mol. The van der Waals surface area contributed by atoms with E-state index in [1.54, 1.807) is 179 Å². The van der Waals surface area contributed by atoms with Crippen LogP contribution >= 0.6 is 0 Å². The van der Waals surface area contributed by atoms with Crippen LogP contribution in [0.1, 0.15) is 39.5 Å². The van der Waals surface area contributed by atoms with Crippen molar-refractivity contribution in [1.29, 1.82) is 0 Å². The van der Waals surface area contributed by atoms with Gasteiger partial charge in [-0.2, -0.15) is 0 Å². The SMILES string of the molecule is CC[Si](OC)(OC)OC.CC[Si](OC)(OC)OC.CO[Si](CCCN)(OC)OC.CO[Si](CCCN)(OC)OC.CO[Si](CCCN)(OC)OC.COc1ccc2oc3ccc4c(=O)n(CCC[Si](OC)(OC)OC)c(=O)c5ccc(c2c1)c3c45.COc1ccc2oc3ccc4c(=O)oc(=O)c5ccc(c2c1)c3c45.O.O.O.O.[Al].[Al].[O]=[Al].[O]=[Al]. The summed E-state index contributed by atoms with van der Waals surface area (Å²) < 4.78 is 139. The summed E-state index contributed by atoms with van der Waals surface area (Å²) in [6, 6.07) is 29.8. The van der Waals surface area contributed by atoms with Crippen molar-refractivity contribution in [3.05, 3.63) is 126 Å². The summed E-state index contributed by atoms with van der Waals surface area (Å²) in [7, 11) is 17.9. The van der Waals surface area contributed by atoms with Crippen LogP contribution in [-0.2, 0) is 93.8 Å². The Bertz CT molecular complexity index is 4450. The average Bonchev–Trinajstić information content (AvgIpc) is 0.723. The Balaban J connectivity index is -0.000000449. The third-order valence-corrected chi connectivity index (χ3v) is 35.4. The van der Waals surface area contributed by atoms with Gasteiger partial charge in [-0.15, -0.1) is 0 Å².